The van der Waals surface area contributed by atoms with Crippen LogP contribution in [0.15, 0.2) is 24.3 Å². The first-order chi connectivity index (χ1) is 9.75. The van der Waals surface area contributed by atoms with Crippen molar-refractivity contribution in [3.63, 3.8) is 0 Å². The minimum Gasteiger partial charge on any atom is -0.300 e. The smallest absolute Gasteiger partial charge is 0.0351 e. The molecule has 0 radical (unpaired) electrons. The molecule has 1 heterocycles. The fourth-order valence-electron chi connectivity index (χ4n) is 3.89. The van der Waals surface area contributed by atoms with Crippen molar-refractivity contribution in [2.45, 2.75) is 51.6 Å². The first-order valence-electron chi connectivity index (χ1n) is 8.31. The summed E-state index contributed by atoms with van der Waals surface area (Å²) in [7, 11) is 0. The van der Waals surface area contributed by atoms with Gasteiger partial charge in [0.25, 0.3) is 0 Å². The second-order valence-corrected chi connectivity index (χ2v) is 6.63. The van der Waals surface area contributed by atoms with Crippen LogP contribution in [-0.4, -0.2) is 42.0 Å². The van der Waals surface area contributed by atoms with E-state index in [0.29, 0.717) is 12.1 Å². The molecule has 1 saturated heterocycles. The third-order valence-corrected chi connectivity index (χ3v) is 5.07. The Morgan fingerprint density at radius 3 is 2.70 bits per heavy atom. The van der Waals surface area contributed by atoms with E-state index in [9.17, 15) is 0 Å². The Hall–Kier alpha value is -0.860. The van der Waals surface area contributed by atoms with E-state index in [1.165, 1.54) is 51.9 Å². The fourth-order valence-corrected chi connectivity index (χ4v) is 3.89. The summed E-state index contributed by atoms with van der Waals surface area (Å²) >= 11 is 0. The maximum Gasteiger partial charge on any atom is 0.0351 e. The van der Waals surface area contributed by atoms with Gasteiger partial charge in [0, 0.05) is 31.7 Å². The molecule has 1 fully saturated rings. The third kappa shape index (κ3) is 2.91. The predicted octanol–water partition coefficient (Wildman–Crippen LogP) is 3.48. The van der Waals surface area contributed by atoms with Crippen molar-refractivity contribution < 1.29 is 0 Å². The minimum absolute atomic E-state index is 0.673. The molecular formula is C18H28N2. The highest BCUT2D eigenvalue weighted by molar-refractivity contribution is 5.32. The zero-order chi connectivity index (χ0) is 13.9. The van der Waals surface area contributed by atoms with Crippen LogP contribution in [0.1, 0.15) is 50.3 Å². The summed E-state index contributed by atoms with van der Waals surface area (Å²) in [6, 6.07) is 10.5. The van der Waals surface area contributed by atoms with E-state index in [2.05, 4.69) is 47.9 Å². The molecule has 1 atom stereocenters. The Morgan fingerprint density at radius 2 is 1.85 bits per heavy atom. The van der Waals surface area contributed by atoms with Crippen molar-refractivity contribution in [2.24, 2.45) is 0 Å². The van der Waals surface area contributed by atoms with Crippen molar-refractivity contribution in [1.29, 1.82) is 0 Å². The number of fused-ring (bicyclic) bond motifs is 1. The second-order valence-electron chi connectivity index (χ2n) is 6.63. The van der Waals surface area contributed by atoms with E-state index in [4.69, 9.17) is 0 Å². The van der Waals surface area contributed by atoms with Crippen LogP contribution in [0.2, 0.25) is 0 Å². The zero-order valence-electron chi connectivity index (χ0n) is 13.0. The SMILES string of the molecule is CC(C)N1CCCN(C2CCCc3ccccc32)CC1. The molecule has 1 unspecified atom stereocenters. The van der Waals surface area contributed by atoms with Crippen molar-refractivity contribution in [1.82, 2.24) is 9.80 Å². The lowest BCUT2D eigenvalue weighted by Gasteiger charge is -2.35. The quantitative estimate of drug-likeness (QED) is 0.813. The zero-order valence-corrected chi connectivity index (χ0v) is 13.0. The average Bonchev–Trinajstić information content (AvgIpc) is 2.72. The summed E-state index contributed by atoms with van der Waals surface area (Å²) < 4.78 is 0. The van der Waals surface area contributed by atoms with Crippen LogP contribution in [0.5, 0.6) is 0 Å². The summed E-state index contributed by atoms with van der Waals surface area (Å²) in [5.74, 6) is 0. The Labute approximate surface area is 123 Å². The van der Waals surface area contributed by atoms with Gasteiger partial charge in [0.05, 0.1) is 0 Å². The van der Waals surface area contributed by atoms with Crippen molar-refractivity contribution >= 4 is 0 Å². The van der Waals surface area contributed by atoms with E-state index in [1.54, 1.807) is 11.1 Å². The molecule has 1 aliphatic carbocycles. The molecule has 0 spiro atoms. The van der Waals surface area contributed by atoms with Gasteiger partial charge >= 0.3 is 0 Å². The maximum absolute atomic E-state index is 2.75. The first-order valence-corrected chi connectivity index (χ1v) is 8.31. The summed E-state index contributed by atoms with van der Waals surface area (Å²) in [4.78, 5) is 5.38. The molecule has 20 heavy (non-hydrogen) atoms. The molecule has 0 saturated carbocycles. The first kappa shape index (κ1) is 14.1. The monoisotopic (exact) mass is 272 g/mol. The molecule has 1 aliphatic heterocycles. The lowest BCUT2D eigenvalue weighted by atomic mass is 9.87. The van der Waals surface area contributed by atoms with Crippen LogP contribution in [-0.2, 0) is 6.42 Å². The largest absolute Gasteiger partial charge is 0.300 e. The van der Waals surface area contributed by atoms with Crippen LogP contribution in [0.25, 0.3) is 0 Å². The number of hydrogen-bond acceptors (Lipinski definition) is 2. The van der Waals surface area contributed by atoms with Crippen LogP contribution >= 0.6 is 0 Å². The summed E-state index contributed by atoms with van der Waals surface area (Å²) in [5, 5.41) is 0. The normalized spacial score (nSPS) is 25.4. The predicted molar refractivity (Wildman–Crippen MR) is 85.0 cm³/mol. The number of hydrogen-bond donors (Lipinski definition) is 0. The van der Waals surface area contributed by atoms with Gasteiger partial charge in [0.2, 0.25) is 0 Å². The van der Waals surface area contributed by atoms with Crippen LogP contribution < -0.4 is 0 Å². The second kappa shape index (κ2) is 6.28. The van der Waals surface area contributed by atoms with Gasteiger partial charge in [-0.3, -0.25) is 9.80 Å². The molecule has 0 N–H and O–H groups in total. The molecule has 1 aromatic carbocycles. The molecule has 110 valence electrons. The molecule has 2 heteroatoms. The van der Waals surface area contributed by atoms with Gasteiger partial charge in [0.1, 0.15) is 0 Å². The van der Waals surface area contributed by atoms with Gasteiger partial charge in [-0.15, -0.1) is 0 Å². The topological polar surface area (TPSA) is 6.48 Å². The van der Waals surface area contributed by atoms with Gasteiger partial charge in [-0.25, -0.2) is 0 Å². The fraction of sp³-hybridized carbons (Fsp3) is 0.667. The highest BCUT2D eigenvalue weighted by Gasteiger charge is 2.27. The van der Waals surface area contributed by atoms with E-state index in [0.717, 1.165) is 0 Å². The number of nitrogens with zero attached hydrogens (tertiary/aromatic N) is 2. The Kier molecular flexibility index (Phi) is 4.42. The molecule has 3 rings (SSSR count). The van der Waals surface area contributed by atoms with Crippen LogP contribution in [0.4, 0.5) is 0 Å². The van der Waals surface area contributed by atoms with Crippen molar-refractivity contribution in [3.05, 3.63) is 35.4 Å². The van der Waals surface area contributed by atoms with Gasteiger partial charge in [-0.1, -0.05) is 24.3 Å². The number of benzene rings is 1. The van der Waals surface area contributed by atoms with E-state index in [1.807, 2.05) is 0 Å². The number of aryl methyl sites for hydroxylation is 1. The lowest BCUT2D eigenvalue weighted by Crippen LogP contribution is -2.37. The van der Waals surface area contributed by atoms with Gasteiger partial charge in [-0.05, 0) is 57.2 Å². The summed E-state index contributed by atoms with van der Waals surface area (Å²) in [5.41, 5.74) is 3.20. The highest BCUT2D eigenvalue weighted by Crippen LogP contribution is 2.34. The molecule has 2 nitrogen and oxygen atoms in total. The standard InChI is InChI=1S/C18H28N2/c1-15(2)19-11-6-12-20(14-13-19)18-10-5-8-16-7-3-4-9-17(16)18/h3-4,7,9,15,18H,5-6,8,10-14H2,1-2H3. The summed E-state index contributed by atoms with van der Waals surface area (Å²) in [6.45, 7) is 9.65. The van der Waals surface area contributed by atoms with Crippen molar-refractivity contribution in [2.75, 3.05) is 26.2 Å². The maximum atomic E-state index is 2.75. The number of rotatable bonds is 2. The molecular weight excluding hydrogens is 244 g/mol. The Bertz CT molecular complexity index is 441. The highest BCUT2D eigenvalue weighted by atomic mass is 15.2. The van der Waals surface area contributed by atoms with Crippen LogP contribution in [0.3, 0.4) is 0 Å². The molecule has 2 aliphatic rings. The van der Waals surface area contributed by atoms with Gasteiger partial charge < -0.3 is 0 Å². The average molecular weight is 272 g/mol. The van der Waals surface area contributed by atoms with E-state index in [-0.39, 0.29) is 0 Å². The lowest BCUT2D eigenvalue weighted by molar-refractivity contribution is 0.173. The van der Waals surface area contributed by atoms with E-state index < -0.39 is 0 Å². The molecule has 0 aromatic heterocycles. The van der Waals surface area contributed by atoms with E-state index >= 15 is 0 Å². The summed E-state index contributed by atoms with van der Waals surface area (Å²) in [6.07, 6.45) is 5.29. The van der Waals surface area contributed by atoms with Crippen molar-refractivity contribution in [3.8, 4) is 0 Å². The van der Waals surface area contributed by atoms with Crippen LogP contribution in [0, 0.1) is 0 Å². The molecule has 0 bridgehead atoms. The van der Waals surface area contributed by atoms with Gasteiger partial charge in [-0.2, -0.15) is 0 Å². The Balaban J connectivity index is 1.74. The van der Waals surface area contributed by atoms with Gasteiger partial charge in [0.15, 0.2) is 0 Å². The Morgan fingerprint density at radius 1 is 1.00 bits per heavy atom. The third-order valence-electron chi connectivity index (χ3n) is 5.07. The minimum atomic E-state index is 0.673. The molecule has 1 aromatic rings. The molecule has 0 amide bonds.